The van der Waals surface area contributed by atoms with Crippen LogP contribution in [0, 0.1) is 5.82 Å². The molecule has 0 bridgehead atoms. The van der Waals surface area contributed by atoms with Crippen LogP contribution in [-0.2, 0) is 11.3 Å². The number of amides is 1. The molecule has 4 nitrogen and oxygen atoms in total. The minimum atomic E-state index is -0.376. The predicted octanol–water partition coefficient (Wildman–Crippen LogP) is 2.67. The van der Waals surface area contributed by atoms with Gasteiger partial charge in [-0.2, -0.15) is 0 Å². The summed E-state index contributed by atoms with van der Waals surface area (Å²) >= 11 is 0. The van der Waals surface area contributed by atoms with Crippen LogP contribution in [0.1, 0.15) is 30.0 Å². The van der Waals surface area contributed by atoms with Crippen molar-refractivity contribution in [2.24, 2.45) is 0 Å². The van der Waals surface area contributed by atoms with E-state index in [-0.39, 0.29) is 17.8 Å². The maximum atomic E-state index is 13.3. The molecule has 108 valence electrons. The summed E-state index contributed by atoms with van der Waals surface area (Å²) in [5.41, 5.74) is 8.11. The molecule has 1 aliphatic rings. The third kappa shape index (κ3) is 2.86. The van der Waals surface area contributed by atoms with E-state index in [1.807, 2.05) is 24.3 Å². The Kier molecular flexibility index (Phi) is 3.56. The van der Waals surface area contributed by atoms with Gasteiger partial charge in [-0.15, -0.1) is 0 Å². The molecule has 1 amide bonds. The Morgan fingerprint density at radius 1 is 1.29 bits per heavy atom. The Morgan fingerprint density at radius 2 is 2.05 bits per heavy atom. The van der Waals surface area contributed by atoms with Gasteiger partial charge in [0.25, 0.3) is 0 Å². The van der Waals surface area contributed by atoms with Gasteiger partial charge >= 0.3 is 0 Å². The van der Waals surface area contributed by atoms with E-state index in [9.17, 15) is 9.18 Å². The van der Waals surface area contributed by atoms with Gasteiger partial charge in [-0.25, -0.2) is 4.39 Å². The zero-order valence-corrected chi connectivity index (χ0v) is 11.5. The predicted molar refractivity (Wildman–Crippen MR) is 77.6 cm³/mol. The number of nitrogen functional groups attached to an aromatic ring is 1. The molecule has 1 aromatic heterocycles. The van der Waals surface area contributed by atoms with E-state index in [1.165, 1.54) is 12.3 Å². The molecule has 1 aromatic carbocycles. The number of rotatable bonds is 3. The molecule has 0 saturated carbocycles. The van der Waals surface area contributed by atoms with E-state index < -0.39 is 0 Å². The van der Waals surface area contributed by atoms with Gasteiger partial charge < -0.3 is 10.6 Å². The fraction of sp³-hybridized carbons (Fsp3) is 0.250. The molecule has 2 aromatic rings. The van der Waals surface area contributed by atoms with Crippen LogP contribution < -0.4 is 5.73 Å². The second kappa shape index (κ2) is 5.52. The maximum absolute atomic E-state index is 13.3. The number of aromatic nitrogens is 1. The highest BCUT2D eigenvalue weighted by molar-refractivity contribution is 5.79. The fourth-order valence-corrected chi connectivity index (χ4v) is 2.71. The van der Waals surface area contributed by atoms with Gasteiger partial charge in [-0.05, 0) is 35.7 Å². The van der Waals surface area contributed by atoms with Crippen LogP contribution in [0.4, 0.5) is 10.1 Å². The average Bonchev–Trinajstić information content (AvgIpc) is 2.83. The summed E-state index contributed by atoms with van der Waals surface area (Å²) in [4.78, 5) is 17.8. The minimum Gasteiger partial charge on any atom is -0.399 e. The normalized spacial score (nSPS) is 18.2. The first-order valence-electron chi connectivity index (χ1n) is 6.88. The molecular formula is C16H16FN3O. The second-order valence-electron chi connectivity index (χ2n) is 5.25. The first-order chi connectivity index (χ1) is 10.1. The highest BCUT2D eigenvalue weighted by Crippen LogP contribution is 2.34. The molecule has 1 saturated heterocycles. The van der Waals surface area contributed by atoms with Crippen LogP contribution in [0.25, 0.3) is 0 Å². The van der Waals surface area contributed by atoms with Gasteiger partial charge in [0.1, 0.15) is 5.82 Å². The maximum Gasteiger partial charge on any atom is 0.223 e. The Hall–Kier alpha value is -2.43. The van der Waals surface area contributed by atoms with Crippen molar-refractivity contribution in [3.8, 4) is 0 Å². The number of likely N-dealkylation sites (tertiary alicyclic amines) is 1. The number of carbonyl (C=O) groups is 1. The number of hydrogen-bond donors (Lipinski definition) is 1. The van der Waals surface area contributed by atoms with E-state index in [4.69, 9.17) is 5.73 Å². The monoisotopic (exact) mass is 285 g/mol. The quantitative estimate of drug-likeness (QED) is 0.882. The topological polar surface area (TPSA) is 59.2 Å². The van der Waals surface area contributed by atoms with Crippen molar-refractivity contribution in [3.63, 3.8) is 0 Å². The number of nitrogens with zero attached hydrogens (tertiary/aromatic N) is 2. The largest absolute Gasteiger partial charge is 0.399 e. The molecule has 5 heteroatoms. The minimum absolute atomic E-state index is 0.0843. The molecular weight excluding hydrogens is 269 g/mol. The third-order valence-electron chi connectivity index (χ3n) is 3.77. The highest BCUT2D eigenvalue weighted by Gasteiger charge is 2.32. The lowest BCUT2D eigenvalue weighted by molar-refractivity contribution is -0.129. The van der Waals surface area contributed by atoms with Crippen LogP contribution in [0.5, 0.6) is 0 Å². The SMILES string of the molecule is Nc1ccc(CN2C(=O)CCC2c2cncc(F)c2)cc1. The molecule has 0 aliphatic carbocycles. The van der Waals surface area contributed by atoms with Crippen LogP contribution in [0.2, 0.25) is 0 Å². The zero-order chi connectivity index (χ0) is 14.8. The first-order valence-corrected chi connectivity index (χ1v) is 6.88. The van der Waals surface area contributed by atoms with Gasteiger partial charge in [-0.3, -0.25) is 9.78 Å². The van der Waals surface area contributed by atoms with Gasteiger partial charge in [0.05, 0.1) is 12.2 Å². The summed E-state index contributed by atoms with van der Waals surface area (Å²) in [7, 11) is 0. The van der Waals surface area contributed by atoms with Crippen LogP contribution in [0.3, 0.4) is 0 Å². The van der Waals surface area contributed by atoms with E-state index in [0.29, 0.717) is 25.1 Å². The molecule has 21 heavy (non-hydrogen) atoms. The smallest absolute Gasteiger partial charge is 0.223 e. The second-order valence-corrected chi connectivity index (χ2v) is 5.25. The number of benzene rings is 1. The standard InChI is InChI=1S/C16H16FN3O/c17-13-7-12(8-19-9-13)15-5-6-16(21)20(15)10-11-1-3-14(18)4-2-11/h1-4,7-9,15H,5-6,10,18H2. The number of nitrogens with two attached hydrogens (primary N) is 1. The van der Waals surface area contributed by atoms with Crippen LogP contribution in [-0.4, -0.2) is 15.8 Å². The summed E-state index contributed by atoms with van der Waals surface area (Å²) < 4.78 is 13.3. The Balaban J connectivity index is 1.84. The number of carbonyl (C=O) groups excluding carboxylic acids is 1. The molecule has 1 unspecified atom stereocenters. The zero-order valence-electron chi connectivity index (χ0n) is 11.5. The first kappa shape index (κ1) is 13.5. The van der Waals surface area contributed by atoms with Crippen molar-refractivity contribution in [1.82, 2.24) is 9.88 Å². The van der Waals surface area contributed by atoms with E-state index in [2.05, 4.69) is 4.98 Å². The van der Waals surface area contributed by atoms with Gasteiger partial charge in [-0.1, -0.05) is 12.1 Å². The Morgan fingerprint density at radius 3 is 2.76 bits per heavy atom. The molecule has 3 rings (SSSR count). The van der Waals surface area contributed by atoms with Gasteiger partial charge in [0.15, 0.2) is 0 Å². The molecule has 0 radical (unpaired) electrons. The van der Waals surface area contributed by atoms with Gasteiger partial charge in [0.2, 0.25) is 5.91 Å². The van der Waals surface area contributed by atoms with Crippen molar-refractivity contribution in [2.45, 2.75) is 25.4 Å². The van der Waals surface area contributed by atoms with Crippen molar-refractivity contribution in [3.05, 3.63) is 59.7 Å². The van der Waals surface area contributed by atoms with Crippen molar-refractivity contribution in [2.75, 3.05) is 5.73 Å². The summed E-state index contributed by atoms with van der Waals surface area (Å²) in [6.07, 6.45) is 3.97. The van der Waals surface area contributed by atoms with Crippen molar-refractivity contribution < 1.29 is 9.18 Å². The summed E-state index contributed by atoms with van der Waals surface area (Å²) in [6, 6.07) is 8.78. The number of pyridine rings is 1. The van der Waals surface area contributed by atoms with Crippen molar-refractivity contribution >= 4 is 11.6 Å². The number of anilines is 1. The van der Waals surface area contributed by atoms with E-state index in [0.717, 1.165) is 11.1 Å². The lowest BCUT2D eigenvalue weighted by Crippen LogP contribution is -2.27. The van der Waals surface area contributed by atoms with Gasteiger partial charge in [0, 0.05) is 24.8 Å². The molecule has 0 spiro atoms. The summed E-state index contributed by atoms with van der Waals surface area (Å²) in [5.74, 6) is -0.291. The molecule has 1 atom stereocenters. The summed E-state index contributed by atoms with van der Waals surface area (Å²) in [5, 5.41) is 0. The lowest BCUT2D eigenvalue weighted by Gasteiger charge is -2.25. The Labute approximate surface area is 122 Å². The number of halogens is 1. The van der Waals surface area contributed by atoms with E-state index >= 15 is 0 Å². The lowest BCUT2D eigenvalue weighted by atomic mass is 10.1. The Bertz CT molecular complexity index is 657. The molecule has 2 N–H and O–H groups in total. The molecule has 2 heterocycles. The van der Waals surface area contributed by atoms with E-state index in [1.54, 1.807) is 11.1 Å². The molecule has 1 fully saturated rings. The van der Waals surface area contributed by atoms with Crippen LogP contribution in [0.15, 0.2) is 42.7 Å². The highest BCUT2D eigenvalue weighted by atomic mass is 19.1. The summed E-state index contributed by atoms with van der Waals surface area (Å²) in [6.45, 7) is 0.500. The fourth-order valence-electron chi connectivity index (χ4n) is 2.71. The molecule has 1 aliphatic heterocycles. The van der Waals surface area contributed by atoms with Crippen molar-refractivity contribution in [1.29, 1.82) is 0 Å². The average molecular weight is 285 g/mol. The number of hydrogen-bond acceptors (Lipinski definition) is 3. The third-order valence-corrected chi connectivity index (χ3v) is 3.77. The van der Waals surface area contributed by atoms with Crippen LogP contribution >= 0.6 is 0 Å².